The molecular formula is C24H30N2O4. The van der Waals surface area contributed by atoms with E-state index < -0.39 is 0 Å². The molecule has 0 unspecified atom stereocenters. The number of benzene rings is 2. The molecule has 0 radical (unpaired) electrons. The maximum absolute atomic E-state index is 12.5. The summed E-state index contributed by atoms with van der Waals surface area (Å²) < 4.78 is 11.4. The minimum atomic E-state index is -0.0630. The molecule has 2 amide bonds. The second-order valence-corrected chi connectivity index (χ2v) is 7.78. The average Bonchev–Trinajstić information content (AvgIpc) is 2.75. The van der Waals surface area contributed by atoms with Crippen molar-refractivity contribution in [3.8, 4) is 11.5 Å². The van der Waals surface area contributed by atoms with Gasteiger partial charge in [0.05, 0.1) is 0 Å². The van der Waals surface area contributed by atoms with E-state index in [4.69, 9.17) is 9.47 Å². The fourth-order valence-corrected chi connectivity index (χ4v) is 3.36. The number of hydrogen-bond acceptors (Lipinski definition) is 4. The van der Waals surface area contributed by atoms with Crippen LogP contribution in [-0.2, 0) is 9.59 Å². The first kappa shape index (κ1) is 21.7. The highest BCUT2D eigenvalue weighted by atomic mass is 16.5. The highest BCUT2D eigenvalue weighted by Crippen LogP contribution is 2.20. The minimum absolute atomic E-state index is 0.00614. The second kappa shape index (κ2) is 9.65. The normalized spacial score (nSPS) is 13.9. The van der Waals surface area contributed by atoms with Crippen LogP contribution in [0.4, 0.5) is 0 Å². The van der Waals surface area contributed by atoms with Crippen molar-refractivity contribution in [2.45, 2.75) is 27.7 Å². The van der Waals surface area contributed by atoms with E-state index in [1.165, 1.54) is 5.56 Å². The smallest absolute Gasteiger partial charge is 0.260 e. The first-order valence-electron chi connectivity index (χ1n) is 10.3. The molecule has 6 nitrogen and oxygen atoms in total. The average molecular weight is 411 g/mol. The Hall–Kier alpha value is -3.02. The summed E-state index contributed by atoms with van der Waals surface area (Å²) in [5.41, 5.74) is 4.51. The summed E-state index contributed by atoms with van der Waals surface area (Å²) in [6.07, 6.45) is 0. The molecule has 0 bridgehead atoms. The van der Waals surface area contributed by atoms with E-state index in [0.717, 1.165) is 22.4 Å². The van der Waals surface area contributed by atoms with Crippen molar-refractivity contribution >= 4 is 11.8 Å². The van der Waals surface area contributed by atoms with Gasteiger partial charge in [0.2, 0.25) is 0 Å². The third kappa shape index (κ3) is 5.32. The first-order chi connectivity index (χ1) is 14.3. The standard InChI is InChI=1S/C24H30N2O4/c1-17-8-9-21(14-19(17)3)29-15-23(27)25-10-12-26(13-11-25)24(28)16-30-22-7-5-6-18(2)20(22)4/h5-9,14H,10-13,15-16H2,1-4H3. The topological polar surface area (TPSA) is 59.1 Å². The maximum atomic E-state index is 12.5. The van der Waals surface area contributed by atoms with Gasteiger partial charge < -0.3 is 19.3 Å². The molecule has 0 atom stereocenters. The molecule has 0 aliphatic carbocycles. The Labute approximate surface area is 178 Å². The summed E-state index contributed by atoms with van der Waals surface area (Å²) in [4.78, 5) is 28.4. The molecule has 0 saturated carbocycles. The molecule has 1 fully saturated rings. The Kier molecular flexibility index (Phi) is 6.98. The summed E-state index contributed by atoms with van der Waals surface area (Å²) in [7, 11) is 0. The minimum Gasteiger partial charge on any atom is -0.484 e. The third-order valence-corrected chi connectivity index (χ3v) is 5.73. The van der Waals surface area contributed by atoms with Crippen LogP contribution in [0.3, 0.4) is 0 Å². The molecule has 2 aromatic carbocycles. The molecule has 1 aliphatic rings. The van der Waals surface area contributed by atoms with Crippen LogP contribution in [0.1, 0.15) is 22.3 Å². The lowest BCUT2D eigenvalue weighted by atomic mass is 10.1. The third-order valence-electron chi connectivity index (χ3n) is 5.73. The van der Waals surface area contributed by atoms with Gasteiger partial charge in [-0.05, 0) is 68.1 Å². The molecule has 0 N–H and O–H groups in total. The molecule has 1 heterocycles. The van der Waals surface area contributed by atoms with Crippen molar-refractivity contribution in [2.24, 2.45) is 0 Å². The van der Waals surface area contributed by atoms with Crippen molar-refractivity contribution < 1.29 is 19.1 Å². The Bertz CT molecular complexity index is 917. The molecule has 160 valence electrons. The predicted molar refractivity (Wildman–Crippen MR) is 116 cm³/mol. The van der Waals surface area contributed by atoms with E-state index in [1.807, 2.05) is 64.1 Å². The van der Waals surface area contributed by atoms with Gasteiger partial charge in [-0.15, -0.1) is 0 Å². The molecule has 0 aromatic heterocycles. The highest BCUT2D eigenvalue weighted by molar-refractivity contribution is 5.80. The van der Waals surface area contributed by atoms with Crippen molar-refractivity contribution in [2.75, 3.05) is 39.4 Å². The molecule has 30 heavy (non-hydrogen) atoms. The Morgan fingerprint density at radius 2 is 1.37 bits per heavy atom. The summed E-state index contributed by atoms with van der Waals surface area (Å²) in [5.74, 6) is 1.31. The van der Waals surface area contributed by atoms with E-state index in [2.05, 4.69) is 0 Å². The van der Waals surface area contributed by atoms with E-state index in [9.17, 15) is 9.59 Å². The lowest BCUT2D eigenvalue weighted by Gasteiger charge is -2.34. The first-order valence-corrected chi connectivity index (χ1v) is 10.3. The van der Waals surface area contributed by atoms with Gasteiger partial charge in [-0.3, -0.25) is 9.59 Å². The number of hydrogen-bond donors (Lipinski definition) is 0. The number of aryl methyl sites for hydroxylation is 3. The van der Waals surface area contributed by atoms with Crippen LogP contribution in [-0.4, -0.2) is 61.0 Å². The van der Waals surface area contributed by atoms with Crippen LogP contribution in [0.2, 0.25) is 0 Å². The maximum Gasteiger partial charge on any atom is 0.260 e. The molecule has 1 aliphatic heterocycles. The lowest BCUT2D eigenvalue weighted by Crippen LogP contribution is -2.52. The van der Waals surface area contributed by atoms with Gasteiger partial charge in [-0.2, -0.15) is 0 Å². The molecular weight excluding hydrogens is 380 g/mol. The lowest BCUT2D eigenvalue weighted by molar-refractivity contribution is -0.141. The second-order valence-electron chi connectivity index (χ2n) is 7.78. The number of carbonyl (C=O) groups is 2. The fraction of sp³-hybridized carbons (Fsp3) is 0.417. The fourth-order valence-electron chi connectivity index (χ4n) is 3.36. The Morgan fingerprint density at radius 3 is 1.97 bits per heavy atom. The van der Waals surface area contributed by atoms with Crippen LogP contribution in [0.5, 0.6) is 11.5 Å². The van der Waals surface area contributed by atoms with Gasteiger partial charge in [0.25, 0.3) is 11.8 Å². The zero-order chi connectivity index (χ0) is 21.7. The van der Waals surface area contributed by atoms with Gasteiger partial charge in [-0.25, -0.2) is 0 Å². The van der Waals surface area contributed by atoms with E-state index in [1.54, 1.807) is 9.80 Å². The Balaban J connectivity index is 1.43. The number of amides is 2. The van der Waals surface area contributed by atoms with Gasteiger partial charge in [0, 0.05) is 26.2 Å². The van der Waals surface area contributed by atoms with Crippen LogP contribution < -0.4 is 9.47 Å². The van der Waals surface area contributed by atoms with Crippen LogP contribution in [0.25, 0.3) is 0 Å². The number of piperazine rings is 1. The van der Waals surface area contributed by atoms with Crippen molar-refractivity contribution in [1.82, 2.24) is 9.80 Å². The summed E-state index contributed by atoms with van der Waals surface area (Å²) >= 11 is 0. The van der Waals surface area contributed by atoms with E-state index >= 15 is 0 Å². The van der Waals surface area contributed by atoms with Gasteiger partial charge >= 0.3 is 0 Å². The Morgan fingerprint density at radius 1 is 0.767 bits per heavy atom. The molecule has 0 spiro atoms. The highest BCUT2D eigenvalue weighted by Gasteiger charge is 2.24. The van der Waals surface area contributed by atoms with Crippen LogP contribution in [0, 0.1) is 27.7 Å². The van der Waals surface area contributed by atoms with E-state index in [0.29, 0.717) is 31.9 Å². The molecule has 6 heteroatoms. The van der Waals surface area contributed by atoms with E-state index in [-0.39, 0.29) is 25.0 Å². The quantitative estimate of drug-likeness (QED) is 0.735. The SMILES string of the molecule is Cc1ccc(OCC(=O)N2CCN(C(=O)COc3cccc(C)c3C)CC2)cc1C. The molecule has 1 saturated heterocycles. The zero-order valence-corrected chi connectivity index (χ0v) is 18.2. The van der Waals surface area contributed by atoms with Gasteiger partial charge in [0.1, 0.15) is 11.5 Å². The predicted octanol–water partition coefficient (Wildman–Crippen LogP) is 3.05. The molecule has 3 rings (SSSR count). The molecule has 2 aromatic rings. The number of carbonyl (C=O) groups excluding carboxylic acids is 2. The number of rotatable bonds is 6. The summed E-state index contributed by atoms with van der Waals surface area (Å²) in [6.45, 7) is 10.1. The van der Waals surface area contributed by atoms with Crippen molar-refractivity contribution in [1.29, 1.82) is 0 Å². The summed E-state index contributed by atoms with van der Waals surface area (Å²) in [5, 5.41) is 0. The van der Waals surface area contributed by atoms with Crippen molar-refractivity contribution in [3.05, 3.63) is 58.7 Å². The van der Waals surface area contributed by atoms with Gasteiger partial charge in [0.15, 0.2) is 13.2 Å². The van der Waals surface area contributed by atoms with Gasteiger partial charge in [-0.1, -0.05) is 18.2 Å². The van der Waals surface area contributed by atoms with Crippen LogP contribution in [0.15, 0.2) is 36.4 Å². The van der Waals surface area contributed by atoms with Crippen molar-refractivity contribution in [3.63, 3.8) is 0 Å². The zero-order valence-electron chi connectivity index (χ0n) is 18.2. The number of nitrogens with zero attached hydrogens (tertiary/aromatic N) is 2. The monoisotopic (exact) mass is 410 g/mol. The largest absolute Gasteiger partial charge is 0.484 e. The number of ether oxygens (including phenoxy) is 2. The summed E-state index contributed by atoms with van der Waals surface area (Å²) in [6, 6.07) is 11.6. The van der Waals surface area contributed by atoms with Crippen LogP contribution >= 0.6 is 0 Å².